The molecule has 1 aromatic rings. The zero-order chi connectivity index (χ0) is 8.39. The van der Waals surface area contributed by atoms with Crippen molar-refractivity contribution >= 4 is 13.4 Å². The van der Waals surface area contributed by atoms with Gasteiger partial charge in [0.05, 0.1) is 6.20 Å². The summed E-state index contributed by atoms with van der Waals surface area (Å²) >= 11 is 0. The smallest absolute Gasteiger partial charge is 0.141 e. The summed E-state index contributed by atoms with van der Waals surface area (Å²) in [6.07, 6.45) is 1.95. The Morgan fingerprint density at radius 2 is 2.33 bits per heavy atom. The first-order valence-electron chi connectivity index (χ1n) is 3.93. The normalized spacial score (nSPS) is 17.0. The molecule has 2 radical (unpaired) electrons. The highest BCUT2D eigenvalue weighted by atomic mass is 16.5. The molecular formula is C8H9BN2O. The molecule has 1 N–H and O–H groups in total. The molecule has 1 aromatic heterocycles. The molecule has 2 heterocycles. The van der Waals surface area contributed by atoms with Gasteiger partial charge in [0, 0.05) is 13.1 Å². The zero-order valence-corrected chi connectivity index (χ0v) is 6.66. The molecule has 0 aliphatic carbocycles. The number of ether oxygens (including phenoxy) is 1. The van der Waals surface area contributed by atoms with Gasteiger partial charge in [0.15, 0.2) is 0 Å². The third-order valence-electron chi connectivity index (χ3n) is 1.81. The van der Waals surface area contributed by atoms with E-state index in [9.17, 15) is 0 Å². The van der Waals surface area contributed by atoms with Crippen molar-refractivity contribution < 1.29 is 4.74 Å². The van der Waals surface area contributed by atoms with E-state index in [-0.39, 0.29) is 0 Å². The highest BCUT2D eigenvalue weighted by Crippen LogP contribution is 2.09. The van der Waals surface area contributed by atoms with Crippen molar-refractivity contribution in [3.8, 4) is 5.75 Å². The van der Waals surface area contributed by atoms with Crippen molar-refractivity contribution in [2.45, 2.75) is 6.10 Å². The molecule has 0 unspecified atom stereocenters. The Hall–Kier alpha value is -1.03. The summed E-state index contributed by atoms with van der Waals surface area (Å²) in [5.74, 6) is 0.788. The predicted molar refractivity (Wildman–Crippen MR) is 46.9 cm³/mol. The van der Waals surface area contributed by atoms with E-state index in [1.54, 1.807) is 12.3 Å². The largest absolute Gasteiger partial charge is 0.486 e. The SMILES string of the molecule is [B]c1ccc(OC2CNC2)cn1. The molecule has 2 rings (SSSR count). The fourth-order valence-electron chi connectivity index (χ4n) is 0.999. The minimum atomic E-state index is 0.301. The third kappa shape index (κ3) is 1.59. The van der Waals surface area contributed by atoms with Crippen LogP contribution in [0, 0.1) is 0 Å². The molecule has 1 aliphatic heterocycles. The van der Waals surface area contributed by atoms with Crippen molar-refractivity contribution in [2.24, 2.45) is 0 Å². The van der Waals surface area contributed by atoms with Crippen LogP contribution in [-0.4, -0.2) is 32.0 Å². The van der Waals surface area contributed by atoms with Gasteiger partial charge in [-0.2, -0.15) is 0 Å². The first kappa shape index (κ1) is 7.62. The standard InChI is InChI=1S/C8H9BN2O/c9-8-2-1-6(5-11-8)12-7-3-10-4-7/h1-2,5,7,10H,3-4H2. The number of hydrogen-bond acceptors (Lipinski definition) is 3. The van der Waals surface area contributed by atoms with Gasteiger partial charge in [0.25, 0.3) is 0 Å². The van der Waals surface area contributed by atoms with Gasteiger partial charge in [-0.1, -0.05) is 0 Å². The Morgan fingerprint density at radius 1 is 1.50 bits per heavy atom. The molecular weight excluding hydrogens is 151 g/mol. The van der Waals surface area contributed by atoms with E-state index in [4.69, 9.17) is 12.6 Å². The highest BCUT2D eigenvalue weighted by Gasteiger charge is 2.17. The van der Waals surface area contributed by atoms with Gasteiger partial charge in [0.2, 0.25) is 0 Å². The number of nitrogens with one attached hydrogen (secondary N) is 1. The van der Waals surface area contributed by atoms with Gasteiger partial charge in [-0.25, -0.2) is 0 Å². The number of pyridine rings is 1. The molecule has 1 aliphatic rings. The van der Waals surface area contributed by atoms with E-state index < -0.39 is 0 Å². The molecule has 0 atom stereocenters. The first-order valence-corrected chi connectivity index (χ1v) is 3.93. The third-order valence-corrected chi connectivity index (χ3v) is 1.81. The summed E-state index contributed by atoms with van der Waals surface area (Å²) in [4.78, 5) is 3.92. The molecule has 0 saturated carbocycles. The molecule has 12 heavy (non-hydrogen) atoms. The summed E-state index contributed by atoms with van der Waals surface area (Å²) in [7, 11) is 5.42. The number of nitrogens with zero attached hydrogens (tertiary/aromatic N) is 1. The van der Waals surface area contributed by atoms with Crippen LogP contribution in [-0.2, 0) is 0 Å². The van der Waals surface area contributed by atoms with E-state index in [1.807, 2.05) is 6.07 Å². The van der Waals surface area contributed by atoms with E-state index in [0.29, 0.717) is 11.7 Å². The van der Waals surface area contributed by atoms with Gasteiger partial charge >= 0.3 is 0 Å². The molecule has 60 valence electrons. The second-order valence-electron chi connectivity index (χ2n) is 2.82. The molecule has 0 spiro atoms. The topological polar surface area (TPSA) is 34.1 Å². The van der Waals surface area contributed by atoms with Crippen molar-refractivity contribution in [1.82, 2.24) is 10.3 Å². The van der Waals surface area contributed by atoms with Gasteiger partial charge < -0.3 is 10.1 Å². The molecule has 1 fully saturated rings. The average Bonchev–Trinajstić information content (AvgIpc) is 2.00. The predicted octanol–water partition coefficient (Wildman–Crippen LogP) is -0.774. The Morgan fingerprint density at radius 3 is 2.83 bits per heavy atom. The maximum absolute atomic E-state index is 5.52. The van der Waals surface area contributed by atoms with Crippen LogP contribution in [0.3, 0.4) is 0 Å². The second kappa shape index (κ2) is 3.15. The lowest BCUT2D eigenvalue weighted by Gasteiger charge is -2.27. The molecule has 0 bridgehead atoms. The summed E-state index contributed by atoms with van der Waals surface area (Å²) in [5, 5.41) is 3.12. The average molecular weight is 160 g/mol. The Balaban J connectivity index is 1.98. The minimum absolute atomic E-state index is 0.301. The lowest BCUT2D eigenvalue weighted by Crippen LogP contribution is -2.50. The lowest BCUT2D eigenvalue weighted by molar-refractivity contribution is 0.142. The van der Waals surface area contributed by atoms with E-state index in [0.717, 1.165) is 18.8 Å². The maximum Gasteiger partial charge on any atom is 0.141 e. The fraction of sp³-hybridized carbons (Fsp3) is 0.375. The Labute approximate surface area is 72.6 Å². The van der Waals surface area contributed by atoms with Gasteiger partial charge in [-0.15, -0.1) is 0 Å². The van der Waals surface area contributed by atoms with Crippen LogP contribution in [0.5, 0.6) is 5.75 Å². The number of hydrogen-bond donors (Lipinski definition) is 1. The van der Waals surface area contributed by atoms with Crippen LogP contribution in [0.4, 0.5) is 0 Å². The molecule has 1 saturated heterocycles. The van der Waals surface area contributed by atoms with Crippen molar-refractivity contribution in [2.75, 3.05) is 13.1 Å². The zero-order valence-electron chi connectivity index (χ0n) is 6.66. The van der Waals surface area contributed by atoms with Crippen molar-refractivity contribution in [1.29, 1.82) is 0 Å². The van der Waals surface area contributed by atoms with Gasteiger partial charge in [0.1, 0.15) is 19.7 Å². The van der Waals surface area contributed by atoms with E-state index in [1.165, 1.54) is 0 Å². The van der Waals surface area contributed by atoms with Crippen LogP contribution in [0.1, 0.15) is 0 Å². The van der Waals surface area contributed by atoms with Crippen LogP contribution in [0.2, 0.25) is 0 Å². The molecule has 3 nitrogen and oxygen atoms in total. The van der Waals surface area contributed by atoms with Crippen LogP contribution < -0.4 is 15.6 Å². The maximum atomic E-state index is 5.52. The van der Waals surface area contributed by atoms with Crippen molar-refractivity contribution in [3.63, 3.8) is 0 Å². The summed E-state index contributed by atoms with van der Waals surface area (Å²) in [5.41, 5.74) is 0.522. The summed E-state index contributed by atoms with van der Waals surface area (Å²) in [6.45, 7) is 1.84. The Bertz CT molecular complexity index is 258. The Kier molecular flexibility index (Phi) is 2.00. The second-order valence-corrected chi connectivity index (χ2v) is 2.82. The molecule has 0 aromatic carbocycles. The molecule has 0 amide bonds. The van der Waals surface area contributed by atoms with Gasteiger partial charge in [-0.3, -0.25) is 4.98 Å². The van der Waals surface area contributed by atoms with Crippen LogP contribution >= 0.6 is 0 Å². The summed E-state index contributed by atoms with van der Waals surface area (Å²) < 4.78 is 5.52. The highest BCUT2D eigenvalue weighted by molar-refractivity contribution is 6.30. The monoisotopic (exact) mass is 160 g/mol. The van der Waals surface area contributed by atoms with Crippen LogP contribution in [0.15, 0.2) is 18.3 Å². The molecule has 4 heteroatoms. The first-order chi connectivity index (χ1) is 5.84. The summed E-state index contributed by atoms with van der Waals surface area (Å²) in [6, 6.07) is 3.57. The fourth-order valence-corrected chi connectivity index (χ4v) is 0.999. The minimum Gasteiger partial charge on any atom is -0.486 e. The van der Waals surface area contributed by atoms with E-state index >= 15 is 0 Å². The number of aromatic nitrogens is 1. The quantitative estimate of drug-likeness (QED) is 0.576. The van der Waals surface area contributed by atoms with E-state index in [2.05, 4.69) is 10.3 Å². The van der Waals surface area contributed by atoms with Crippen LogP contribution in [0.25, 0.3) is 0 Å². The lowest BCUT2D eigenvalue weighted by atomic mass is 10.0. The number of rotatable bonds is 2. The van der Waals surface area contributed by atoms with Gasteiger partial charge in [-0.05, 0) is 17.7 Å². The van der Waals surface area contributed by atoms with Crippen molar-refractivity contribution in [3.05, 3.63) is 18.3 Å².